The lowest BCUT2D eigenvalue weighted by Crippen LogP contribution is -2.60. The van der Waals surface area contributed by atoms with E-state index in [2.05, 4.69) is 16.0 Å². The number of alkyl carbamates (subject to hydrolysis) is 1. The fourth-order valence-electron chi connectivity index (χ4n) is 2.91. The van der Waals surface area contributed by atoms with Crippen LogP contribution in [-0.4, -0.2) is 43.4 Å². The number of hydrogen-bond acceptors (Lipinski definition) is 4. The Kier molecular flexibility index (Phi) is 5.27. The zero-order valence-electron chi connectivity index (χ0n) is 13.0. The average Bonchev–Trinajstić information content (AvgIpc) is 2.30. The third-order valence-electron chi connectivity index (χ3n) is 4.05. The second-order valence-corrected chi connectivity index (χ2v) is 7.06. The van der Waals surface area contributed by atoms with Gasteiger partial charge in [0.15, 0.2) is 0 Å². The van der Waals surface area contributed by atoms with Gasteiger partial charge < -0.3 is 20.7 Å². The molecule has 1 aliphatic heterocycles. The molecule has 20 heavy (non-hydrogen) atoms. The Hall–Kier alpha value is -0.810. The fourth-order valence-corrected chi connectivity index (χ4v) is 2.91. The quantitative estimate of drug-likeness (QED) is 0.734. The summed E-state index contributed by atoms with van der Waals surface area (Å²) in [5.74, 6) is 0.525. The lowest BCUT2D eigenvalue weighted by Gasteiger charge is -2.38. The largest absolute Gasteiger partial charge is 0.444 e. The minimum absolute atomic E-state index is 0.299. The molecule has 0 radical (unpaired) electrons. The van der Waals surface area contributed by atoms with E-state index in [0.29, 0.717) is 24.5 Å². The van der Waals surface area contributed by atoms with E-state index in [0.717, 1.165) is 13.1 Å². The Morgan fingerprint density at radius 2 is 1.95 bits per heavy atom. The number of carbonyl (C=O) groups excluding carboxylic acids is 1. The Labute approximate surface area is 122 Å². The first kappa shape index (κ1) is 15.6. The second kappa shape index (κ2) is 6.76. The molecule has 2 unspecified atom stereocenters. The van der Waals surface area contributed by atoms with Crippen molar-refractivity contribution >= 4 is 6.09 Å². The van der Waals surface area contributed by atoms with Crippen molar-refractivity contribution in [2.24, 2.45) is 5.92 Å². The number of rotatable bonds is 4. The van der Waals surface area contributed by atoms with Crippen molar-refractivity contribution in [1.82, 2.24) is 16.0 Å². The molecule has 3 N–H and O–H groups in total. The van der Waals surface area contributed by atoms with E-state index in [1.807, 2.05) is 20.8 Å². The molecular formula is C15H29N3O2. The molecule has 1 amide bonds. The maximum absolute atomic E-state index is 11.7. The van der Waals surface area contributed by atoms with E-state index in [-0.39, 0.29) is 6.09 Å². The summed E-state index contributed by atoms with van der Waals surface area (Å²) in [5.41, 5.74) is -0.425. The highest BCUT2D eigenvalue weighted by Crippen LogP contribution is 2.24. The molecule has 5 heteroatoms. The summed E-state index contributed by atoms with van der Waals surface area (Å²) in [6, 6.07) is 1.15. The fraction of sp³-hybridized carbons (Fsp3) is 0.933. The van der Waals surface area contributed by atoms with Gasteiger partial charge in [-0.25, -0.2) is 4.79 Å². The zero-order valence-corrected chi connectivity index (χ0v) is 13.0. The third kappa shape index (κ3) is 4.94. The molecule has 1 heterocycles. The maximum Gasteiger partial charge on any atom is 0.407 e. The van der Waals surface area contributed by atoms with Crippen molar-refractivity contribution in [3.63, 3.8) is 0 Å². The first-order chi connectivity index (χ1) is 9.44. The lowest BCUT2D eigenvalue weighted by atomic mass is 9.83. The topological polar surface area (TPSA) is 62.4 Å². The zero-order chi connectivity index (χ0) is 14.6. The van der Waals surface area contributed by atoms with Crippen LogP contribution in [0.5, 0.6) is 0 Å². The predicted molar refractivity (Wildman–Crippen MR) is 79.8 cm³/mol. The summed E-state index contributed by atoms with van der Waals surface area (Å²) >= 11 is 0. The van der Waals surface area contributed by atoms with Gasteiger partial charge in [-0.3, -0.25) is 0 Å². The third-order valence-corrected chi connectivity index (χ3v) is 4.05. The van der Waals surface area contributed by atoms with Crippen molar-refractivity contribution in [2.75, 3.05) is 19.6 Å². The Balaban J connectivity index is 1.75. The summed E-state index contributed by atoms with van der Waals surface area (Å²) in [7, 11) is 0. The van der Waals surface area contributed by atoms with Gasteiger partial charge in [-0.15, -0.1) is 0 Å². The van der Waals surface area contributed by atoms with Crippen LogP contribution in [0, 0.1) is 5.92 Å². The van der Waals surface area contributed by atoms with Gasteiger partial charge >= 0.3 is 6.09 Å². The molecule has 1 aliphatic carbocycles. The summed E-state index contributed by atoms with van der Waals surface area (Å²) in [5, 5.41) is 9.94. The van der Waals surface area contributed by atoms with Crippen molar-refractivity contribution < 1.29 is 9.53 Å². The molecule has 1 saturated carbocycles. The number of amides is 1. The van der Waals surface area contributed by atoms with Gasteiger partial charge in [-0.05, 0) is 39.5 Å². The molecule has 2 fully saturated rings. The first-order valence-corrected chi connectivity index (χ1v) is 7.87. The molecular weight excluding hydrogens is 254 g/mol. The molecule has 1 saturated heterocycles. The Morgan fingerprint density at radius 3 is 2.55 bits per heavy atom. The first-order valence-electron chi connectivity index (χ1n) is 7.87. The van der Waals surface area contributed by atoms with Gasteiger partial charge in [0, 0.05) is 31.7 Å². The standard InChI is InChI=1S/C15H29N3O2/c1-15(2,3)20-14(19)17-8-11-6-4-5-7-13(11)18-12-9-16-10-12/h11-13,16,18H,4-10H2,1-3H3,(H,17,19). The smallest absolute Gasteiger partial charge is 0.407 e. The van der Waals surface area contributed by atoms with E-state index in [1.165, 1.54) is 25.7 Å². The molecule has 2 rings (SSSR count). The molecule has 116 valence electrons. The Morgan fingerprint density at radius 1 is 1.25 bits per heavy atom. The SMILES string of the molecule is CC(C)(C)OC(=O)NCC1CCCCC1NC1CNC1. The molecule has 0 bridgehead atoms. The van der Waals surface area contributed by atoms with Crippen molar-refractivity contribution in [1.29, 1.82) is 0 Å². The summed E-state index contributed by atoms with van der Waals surface area (Å²) < 4.78 is 5.30. The van der Waals surface area contributed by atoms with Crippen LogP contribution in [0.25, 0.3) is 0 Å². The average molecular weight is 283 g/mol. The number of nitrogens with one attached hydrogen (secondary N) is 3. The van der Waals surface area contributed by atoms with Gasteiger partial charge in [0.2, 0.25) is 0 Å². The van der Waals surface area contributed by atoms with Crippen LogP contribution < -0.4 is 16.0 Å². The second-order valence-electron chi connectivity index (χ2n) is 7.06. The highest BCUT2D eigenvalue weighted by molar-refractivity contribution is 5.67. The highest BCUT2D eigenvalue weighted by atomic mass is 16.6. The lowest BCUT2D eigenvalue weighted by molar-refractivity contribution is 0.0509. The van der Waals surface area contributed by atoms with Crippen molar-refractivity contribution in [3.05, 3.63) is 0 Å². The van der Waals surface area contributed by atoms with Crippen LogP contribution in [0.3, 0.4) is 0 Å². The molecule has 0 spiro atoms. The summed E-state index contributed by atoms with van der Waals surface area (Å²) in [4.78, 5) is 11.7. The van der Waals surface area contributed by atoms with Crippen LogP contribution in [-0.2, 0) is 4.74 Å². The van der Waals surface area contributed by atoms with Gasteiger partial charge in [0.1, 0.15) is 5.60 Å². The normalized spacial score (nSPS) is 27.8. The molecule has 2 aliphatic rings. The van der Waals surface area contributed by atoms with Crippen LogP contribution in [0.2, 0.25) is 0 Å². The maximum atomic E-state index is 11.7. The number of ether oxygens (including phenoxy) is 1. The van der Waals surface area contributed by atoms with E-state index in [9.17, 15) is 4.79 Å². The van der Waals surface area contributed by atoms with Gasteiger partial charge in [0.05, 0.1) is 0 Å². The van der Waals surface area contributed by atoms with Crippen LogP contribution in [0.15, 0.2) is 0 Å². The highest BCUT2D eigenvalue weighted by Gasteiger charge is 2.29. The summed E-state index contributed by atoms with van der Waals surface area (Å²) in [6.45, 7) is 8.53. The summed E-state index contributed by atoms with van der Waals surface area (Å²) in [6.07, 6.45) is 4.67. The molecule has 0 aromatic rings. The minimum atomic E-state index is -0.425. The van der Waals surface area contributed by atoms with Gasteiger partial charge in [-0.2, -0.15) is 0 Å². The monoisotopic (exact) mass is 283 g/mol. The Bertz CT molecular complexity index is 324. The van der Waals surface area contributed by atoms with E-state index < -0.39 is 5.60 Å². The van der Waals surface area contributed by atoms with E-state index >= 15 is 0 Å². The molecule has 2 atom stereocenters. The van der Waals surface area contributed by atoms with Gasteiger partial charge in [-0.1, -0.05) is 12.8 Å². The molecule has 0 aromatic carbocycles. The molecule has 5 nitrogen and oxygen atoms in total. The van der Waals surface area contributed by atoms with Crippen LogP contribution in [0.1, 0.15) is 46.5 Å². The minimum Gasteiger partial charge on any atom is -0.444 e. The van der Waals surface area contributed by atoms with Crippen LogP contribution in [0.4, 0.5) is 4.79 Å². The van der Waals surface area contributed by atoms with E-state index in [1.54, 1.807) is 0 Å². The van der Waals surface area contributed by atoms with Crippen LogP contribution >= 0.6 is 0 Å². The number of carbonyl (C=O) groups is 1. The number of hydrogen-bond donors (Lipinski definition) is 3. The van der Waals surface area contributed by atoms with Crippen molar-refractivity contribution in [3.8, 4) is 0 Å². The molecule has 0 aromatic heterocycles. The van der Waals surface area contributed by atoms with Crippen molar-refractivity contribution in [2.45, 2.75) is 64.1 Å². The van der Waals surface area contributed by atoms with Gasteiger partial charge in [0.25, 0.3) is 0 Å². The predicted octanol–water partition coefficient (Wildman–Crippen LogP) is 1.63. The van der Waals surface area contributed by atoms with E-state index in [4.69, 9.17) is 4.74 Å².